The van der Waals surface area contributed by atoms with E-state index < -0.39 is 0 Å². The topological polar surface area (TPSA) is 55.1 Å². The van der Waals surface area contributed by atoms with Gasteiger partial charge in [0.05, 0.1) is 6.54 Å². The average Bonchev–Trinajstić information content (AvgIpc) is 2.17. The van der Waals surface area contributed by atoms with Gasteiger partial charge in [0.15, 0.2) is 0 Å². The van der Waals surface area contributed by atoms with Crippen molar-refractivity contribution in [3.05, 3.63) is 35.6 Å². The van der Waals surface area contributed by atoms with E-state index in [4.69, 9.17) is 5.73 Å². The van der Waals surface area contributed by atoms with Crippen LogP contribution in [-0.4, -0.2) is 19.0 Å². The zero-order valence-corrected chi connectivity index (χ0v) is 9.59. The summed E-state index contributed by atoms with van der Waals surface area (Å²) >= 11 is 0. The van der Waals surface area contributed by atoms with Crippen LogP contribution in [0.3, 0.4) is 0 Å². The molecule has 3 nitrogen and oxygen atoms in total. The van der Waals surface area contributed by atoms with Crippen LogP contribution in [0, 0.1) is 5.82 Å². The van der Waals surface area contributed by atoms with E-state index >= 15 is 0 Å². The fourth-order valence-corrected chi connectivity index (χ4v) is 1.50. The second-order valence-corrected chi connectivity index (χ2v) is 4.46. The highest BCUT2D eigenvalue weighted by Gasteiger charge is 2.20. The molecule has 0 heterocycles. The Balaban J connectivity index is 2.62. The van der Waals surface area contributed by atoms with E-state index in [9.17, 15) is 9.18 Å². The summed E-state index contributed by atoms with van der Waals surface area (Å²) in [5.74, 6) is -0.625. The summed E-state index contributed by atoms with van der Waals surface area (Å²) < 4.78 is 12.8. The van der Waals surface area contributed by atoms with Gasteiger partial charge in [0.25, 0.3) is 0 Å². The monoisotopic (exact) mass is 224 g/mol. The number of nitrogens with two attached hydrogens (primary N) is 1. The molecule has 0 atom stereocenters. The molecule has 0 saturated heterocycles. The summed E-state index contributed by atoms with van der Waals surface area (Å²) in [5, 5.41) is 2.97. The van der Waals surface area contributed by atoms with Crippen molar-refractivity contribution in [2.24, 2.45) is 5.73 Å². The van der Waals surface area contributed by atoms with Crippen LogP contribution >= 0.6 is 0 Å². The average molecular weight is 224 g/mol. The lowest BCUT2D eigenvalue weighted by Crippen LogP contribution is -2.37. The van der Waals surface area contributed by atoms with Gasteiger partial charge in [-0.3, -0.25) is 4.79 Å². The molecule has 0 unspecified atom stereocenters. The Kier molecular flexibility index (Phi) is 4.01. The van der Waals surface area contributed by atoms with Crippen molar-refractivity contribution in [1.29, 1.82) is 0 Å². The molecule has 0 aliphatic carbocycles. The van der Waals surface area contributed by atoms with Crippen LogP contribution in [0.15, 0.2) is 24.3 Å². The first-order valence-corrected chi connectivity index (χ1v) is 5.17. The molecule has 0 aliphatic heterocycles. The molecule has 0 bridgehead atoms. The van der Waals surface area contributed by atoms with E-state index in [0.717, 1.165) is 5.56 Å². The number of rotatable bonds is 5. The van der Waals surface area contributed by atoms with Gasteiger partial charge in [0, 0.05) is 12.0 Å². The van der Waals surface area contributed by atoms with Crippen LogP contribution < -0.4 is 11.1 Å². The molecule has 0 aromatic heterocycles. The lowest BCUT2D eigenvalue weighted by atomic mass is 9.84. The minimum absolute atomic E-state index is 0.157. The van der Waals surface area contributed by atoms with Crippen molar-refractivity contribution >= 4 is 5.91 Å². The van der Waals surface area contributed by atoms with Crippen molar-refractivity contribution in [2.45, 2.75) is 19.3 Å². The number of carbonyl (C=O) groups is 1. The second kappa shape index (κ2) is 5.07. The van der Waals surface area contributed by atoms with Crippen molar-refractivity contribution in [2.75, 3.05) is 13.1 Å². The number of halogens is 1. The van der Waals surface area contributed by atoms with E-state index in [2.05, 4.69) is 5.32 Å². The fraction of sp³-hybridized carbons (Fsp3) is 0.417. The van der Waals surface area contributed by atoms with Crippen LogP contribution in [0.2, 0.25) is 0 Å². The van der Waals surface area contributed by atoms with Gasteiger partial charge >= 0.3 is 0 Å². The van der Waals surface area contributed by atoms with E-state index in [-0.39, 0.29) is 23.7 Å². The van der Waals surface area contributed by atoms with Crippen molar-refractivity contribution in [3.63, 3.8) is 0 Å². The van der Waals surface area contributed by atoms with E-state index in [0.29, 0.717) is 6.54 Å². The molecule has 1 aromatic rings. The maximum absolute atomic E-state index is 12.8. The number of amides is 1. The second-order valence-electron chi connectivity index (χ2n) is 4.46. The molecule has 1 aromatic carbocycles. The molecular formula is C12H17FN2O. The maximum Gasteiger partial charge on any atom is 0.231 e. The number of hydrogen-bond acceptors (Lipinski definition) is 2. The minimum atomic E-state index is -0.380. The first-order chi connectivity index (χ1) is 7.42. The lowest BCUT2D eigenvalue weighted by Gasteiger charge is -2.25. The smallest absolute Gasteiger partial charge is 0.231 e. The summed E-state index contributed by atoms with van der Waals surface area (Å²) in [6.07, 6.45) is 0. The Morgan fingerprint density at radius 3 is 2.44 bits per heavy atom. The number of nitrogens with one attached hydrogen (secondary N) is 1. The first kappa shape index (κ1) is 12.6. The molecule has 16 heavy (non-hydrogen) atoms. The first-order valence-electron chi connectivity index (χ1n) is 5.17. The SMILES string of the molecule is CC(C)(CNCC(N)=O)c1ccc(F)cc1. The highest BCUT2D eigenvalue weighted by molar-refractivity contribution is 5.75. The zero-order valence-electron chi connectivity index (χ0n) is 9.59. The zero-order chi connectivity index (χ0) is 12.2. The normalized spacial score (nSPS) is 11.4. The fourth-order valence-electron chi connectivity index (χ4n) is 1.50. The van der Waals surface area contributed by atoms with Gasteiger partial charge in [-0.2, -0.15) is 0 Å². The molecule has 0 spiro atoms. The van der Waals surface area contributed by atoms with Gasteiger partial charge in [0.2, 0.25) is 5.91 Å². The van der Waals surface area contributed by atoms with Crippen molar-refractivity contribution in [1.82, 2.24) is 5.32 Å². The predicted molar refractivity (Wildman–Crippen MR) is 61.5 cm³/mol. The van der Waals surface area contributed by atoms with Gasteiger partial charge in [-0.15, -0.1) is 0 Å². The number of hydrogen-bond donors (Lipinski definition) is 2. The third kappa shape index (κ3) is 3.62. The number of carbonyl (C=O) groups excluding carboxylic acids is 1. The molecule has 0 aliphatic rings. The highest BCUT2D eigenvalue weighted by Crippen LogP contribution is 2.22. The molecule has 1 amide bonds. The Morgan fingerprint density at radius 1 is 1.38 bits per heavy atom. The van der Waals surface area contributed by atoms with Gasteiger partial charge in [-0.05, 0) is 17.7 Å². The molecule has 0 radical (unpaired) electrons. The Morgan fingerprint density at radius 2 is 1.94 bits per heavy atom. The number of primary amides is 1. The summed E-state index contributed by atoms with van der Waals surface area (Å²) in [7, 11) is 0. The summed E-state index contributed by atoms with van der Waals surface area (Å²) in [6, 6.07) is 6.37. The third-order valence-corrected chi connectivity index (χ3v) is 2.49. The summed E-state index contributed by atoms with van der Waals surface area (Å²) in [6.45, 7) is 4.81. The van der Waals surface area contributed by atoms with Crippen LogP contribution in [0.5, 0.6) is 0 Å². The maximum atomic E-state index is 12.8. The van der Waals surface area contributed by atoms with E-state index in [1.54, 1.807) is 12.1 Å². The lowest BCUT2D eigenvalue weighted by molar-refractivity contribution is -0.117. The van der Waals surface area contributed by atoms with Gasteiger partial charge in [-0.1, -0.05) is 26.0 Å². The third-order valence-electron chi connectivity index (χ3n) is 2.49. The highest BCUT2D eigenvalue weighted by atomic mass is 19.1. The van der Waals surface area contributed by atoms with Crippen LogP contribution in [0.1, 0.15) is 19.4 Å². The predicted octanol–water partition coefficient (Wildman–Crippen LogP) is 1.18. The van der Waals surface area contributed by atoms with E-state index in [1.807, 2.05) is 13.8 Å². The molecule has 1 rings (SSSR count). The molecular weight excluding hydrogens is 207 g/mol. The molecule has 0 fully saturated rings. The van der Waals surface area contributed by atoms with Gasteiger partial charge in [-0.25, -0.2) is 4.39 Å². The standard InChI is InChI=1S/C12H17FN2O/c1-12(2,8-15-7-11(14)16)9-3-5-10(13)6-4-9/h3-6,15H,7-8H2,1-2H3,(H2,14,16). The Labute approximate surface area is 94.8 Å². The Bertz CT molecular complexity index is 360. The number of benzene rings is 1. The summed E-state index contributed by atoms with van der Waals surface area (Å²) in [5.41, 5.74) is 5.89. The van der Waals surface area contributed by atoms with Gasteiger partial charge in [0.1, 0.15) is 5.82 Å². The van der Waals surface area contributed by atoms with Crippen LogP contribution in [0.4, 0.5) is 4.39 Å². The molecule has 88 valence electrons. The van der Waals surface area contributed by atoms with Crippen LogP contribution in [0.25, 0.3) is 0 Å². The quantitative estimate of drug-likeness (QED) is 0.789. The van der Waals surface area contributed by atoms with Crippen LogP contribution in [-0.2, 0) is 10.2 Å². The molecule has 0 saturated carbocycles. The van der Waals surface area contributed by atoms with Crippen molar-refractivity contribution in [3.8, 4) is 0 Å². The largest absolute Gasteiger partial charge is 0.369 e. The van der Waals surface area contributed by atoms with E-state index in [1.165, 1.54) is 12.1 Å². The summed E-state index contributed by atoms with van der Waals surface area (Å²) in [4.78, 5) is 10.6. The molecule has 4 heteroatoms. The van der Waals surface area contributed by atoms with Crippen molar-refractivity contribution < 1.29 is 9.18 Å². The minimum Gasteiger partial charge on any atom is -0.369 e. The molecule has 3 N–H and O–H groups in total. The Hall–Kier alpha value is -1.42. The van der Waals surface area contributed by atoms with Gasteiger partial charge < -0.3 is 11.1 Å².